The van der Waals surface area contributed by atoms with Crippen molar-refractivity contribution in [2.45, 2.75) is 117 Å². The normalized spacial score (nSPS) is 35.1. The van der Waals surface area contributed by atoms with Crippen LogP contribution in [0.4, 0.5) is 5.82 Å². The van der Waals surface area contributed by atoms with Gasteiger partial charge in [0.25, 0.3) is 0 Å². The standard InChI is InChI=1S/C31H45ClN5O8P/c1-7-41-46(40,42-8-2)10-9-21-23(43-18(3)38)24(44-19(4)39)27(45-21)37-17-33-22-25(34-28(32)35-26(22)37)36-31-13-20-11-29(5,15-31)14-30(6,12-20)16-31/h17,20-21,23-24,27H,7-16H2,1-6H3,(H,34,35,36)/t20?,21-,23-,24-,27-,29-,30+,31?/m1/s1. The summed E-state index contributed by atoms with van der Waals surface area (Å²) < 4.78 is 43.7. The molecular weight excluding hydrogens is 637 g/mol. The molecule has 1 N–H and O–H groups in total. The minimum Gasteiger partial charge on any atom is -0.456 e. The van der Waals surface area contributed by atoms with Crippen molar-refractivity contribution in [1.29, 1.82) is 0 Å². The first-order valence-electron chi connectivity index (χ1n) is 16.2. The fourth-order valence-corrected chi connectivity index (χ4v) is 11.5. The number of anilines is 1. The number of aromatic nitrogens is 4. The fraction of sp³-hybridized carbons (Fsp3) is 0.774. The van der Waals surface area contributed by atoms with Gasteiger partial charge in [-0.1, -0.05) is 13.8 Å². The van der Waals surface area contributed by atoms with Gasteiger partial charge in [-0.2, -0.15) is 9.97 Å². The summed E-state index contributed by atoms with van der Waals surface area (Å²) in [5, 5.41) is 3.84. The number of carbonyl (C=O) groups excluding carboxylic acids is 2. The molecule has 2 aromatic rings. The first-order valence-corrected chi connectivity index (χ1v) is 18.3. The molecule has 5 aliphatic rings. The molecule has 1 aliphatic heterocycles. The van der Waals surface area contributed by atoms with Gasteiger partial charge in [0.2, 0.25) is 5.28 Å². The lowest BCUT2D eigenvalue weighted by Crippen LogP contribution is -2.61. The number of carbonyl (C=O) groups is 2. The Kier molecular flexibility index (Phi) is 8.98. The molecule has 4 bridgehead atoms. The van der Waals surface area contributed by atoms with E-state index in [2.05, 4.69) is 29.1 Å². The van der Waals surface area contributed by atoms with Crippen molar-refractivity contribution in [3.63, 3.8) is 0 Å². The summed E-state index contributed by atoms with van der Waals surface area (Å²) in [5.74, 6) is 0.0391. The van der Waals surface area contributed by atoms with Gasteiger partial charge in [-0.3, -0.25) is 18.7 Å². The average Bonchev–Trinajstić information content (AvgIpc) is 3.46. The topological polar surface area (TPSA) is 153 Å². The second kappa shape index (κ2) is 12.3. The molecule has 0 spiro atoms. The van der Waals surface area contributed by atoms with Crippen molar-refractivity contribution in [2.75, 3.05) is 24.7 Å². The van der Waals surface area contributed by atoms with Gasteiger partial charge in [0, 0.05) is 19.4 Å². The molecule has 13 nitrogen and oxygen atoms in total. The highest BCUT2D eigenvalue weighted by Gasteiger charge is 2.60. The summed E-state index contributed by atoms with van der Waals surface area (Å²) in [6.07, 6.45) is 4.74. The molecule has 0 radical (unpaired) electrons. The number of fused-ring (bicyclic) bond motifs is 1. The van der Waals surface area contributed by atoms with Crippen LogP contribution < -0.4 is 5.32 Å². The molecule has 3 heterocycles. The Morgan fingerprint density at radius 3 is 2.24 bits per heavy atom. The number of nitrogens with zero attached hydrogens (tertiary/aromatic N) is 4. The fourth-order valence-electron chi connectivity index (χ4n) is 9.66. The largest absolute Gasteiger partial charge is 0.456 e. The van der Waals surface area contributed by atoms with Crippen molar-refractivity contribution in [1.82, 2.24) is 19.5 Å². The highest BCUT2D eigenvalue weighted by atomic mass is 35.5. The van der Waals surface area contributed by atoms with Gasteiger partial charge in [-0.15, -0.1) is 0 Å². The predicted octanol–water partition coefficient (Wildman–Crippen LogP) is 6.06. The van der Waals surface area contributed by atoms with Gasteiger partial charge in [0.05, 0.1) is 25.7 Å². The zero-order valence-electron chi connectivity index (χ0n) is 27.4. The van der Waals surface area contributed by atoms with Crippen molar-refractivity contribution in [3.05, 3.63) is 11.6 Å². The number of nitrogens with one attached hydrogen (secondary N) is 1. The first kappa shape index (κ1) is 33.6. The van der Waals surface area contributed by atoms with Crippen LogP contribution in [0, 0.1) is 16.7 Å². The zero-order valence-corrected chi connectivity index (χ0v) is 29.1. The van der Waals surface area contributed by atoms with Crippen LogP contribution in [-0.4, -0.2) is 74.7 Å². The van der Waals surface area contributed by atoms with Gasteiger partial charge < -0.3 is 28.6 Å². The van der Waals surface area contributed by atoms with Gasteiger partial charge >= 0.3 is 19.5 Å². The summed E-state index contributed by atoms with van der Waals surface area (Å²) in [6.45, 7) is 11.2. The number of halogens is 1. The van der Waals surface area contributed by atoms with E-state index >= 15 is 0 Å². The van der Waals surface area contributed by atoms with E-state index in [-0.39, 0.29) is 47.4 Å². The number of esters is 2. The zero-order chi connectivity index (χ0) is 33.1. The van der Waals surface area contributed by atoms with Gasteiger partial charge in [0.15, 0.2) is 35.4 Å². The quantitative estimate of drug-likeness (QED) is 0.157. The molecule has 1 saturated heterocycles. The molecule has 254 valence electrons. The van der Waals surface area contributed by atoms with Crippen LogP contribution in [0.5, 0.6) is 0 Å². The summed E-state index contributed by atoms with van der Waals surface area (Å²) in [6, 6.07) is 0. The summed E-state index contributed by atoms with van der Waals surface area (Å²) in [7, 11) is -3.44. The second-order valence-electron chi connectivity index (χ2n) is 14.4. The molecular formula is C31H45ClN5O8P. The molecule has 7 rings (SSSR count). The van der Waals surface area contributed by atoms with E-state index in [4.69, 9.17) is 39.8 Å². The first-order chi connectivity index (χ1) is 21.7. The molecule has 4 saturated carbocycles. The highest BCUT2D eigenvalue weighted by Crippen LogP contribution is 2.67. The third-order valence-electron chi connectivity index (χ3n) is 9.91. The number of hydrogen-bond donors (Lipinski definition) is 1. The maximum atomic E-state index is 13.3. The molecule has 2 aromatic heterocycles. The Balaban J connectivity index is 1.34. The molecule has 4 aliphatic carbocycles. The third kappa shape index (κ3) is 6.55. The smallest absolute Gasteiger partial charge is 0.330 e. The van der Waals surface area contributed by atoms with Crippen LogP contribution in [0.25, 0.3) is 11.2 Å². The molecule has 15 heteroatoms. The second-order valence-corrected chi connectivity index (χ2v) is 16.9. The number of ether oxygens (including phenoxy) is 3. The van der Waals surface area contributed by atoms with E-state index in [0.717, 1.165) is 19.3 Å². The maximum Gasteiger partial charge on any atom is 0.330 e. The van der Waals surface area contributed by atoms with Crippen molar-refractivity contribution >= 4 is 48.1 Å². The lowest BCUT2D eigenvalue weighted by atomic mass is 9.43. The van der Waals surface area contributed by atoms with Gasteiger partial charge in [0.1, 0.15) is 6.10 Å². The Morgan fingerprint density at radius 2 is 1.65 bits per heavy atom. The van der Waals surface area contributed by atoms with E-state index in [1.54, 1.807) is 24.7 Å². The van der Waals surface area contributed by atoms with E-state index in [9.17, 15) is 14.2 Å². The van der Waals surface area contributed by atoms with E-state index in [1.165, 1.54) is 33.1 Å². The number of rotatable bonds is 12. The highest BCUT2D eigenvalue weighted by molar-refractivity contribution is 7.53. The lowest BCUT2D eigenvalue weighted by molar-refractivity contribution is -0.165. The van der Waals surface area contributed by atoms with E-state index < -0.39 is 44.1 Å². The minimum atomic E-state index is -3.44. The van der Waals surface area contributed by atoms with Crippen molar-refractivity contribution in [3.8, 4) is 0 Å². The van der Waals surface area contributed by atoms with Crippen molar-refractivity contribution < 1.29 is 37.4 Å². The van der Waals surface area contributed by atoms with E-state index in [0.29, 0.717) is 22.9 Å². The number of hydrogen-bond acceptors (Lipinski definition) is 12. The molecule has 0 amide bonds. The summed E-state index contributed by atoms with van der Waals surface area (Å²) in [5.41, 5.74) is 1.32. The van der Waals surface area contributed by atoms with Gasteiger partial charge in [-0.25, -0.2) is 4.98 Å². The Bertz CT molecular complexity index is 1530. The summed E-state index contributed by atoms with van der Waals surface area (Å²) >= 11 is 6.55. The van der Waals surface area contributed by atoms with Crippen molar-refractivity contribution in [2.24, 2.45) is 16.7 Å². The lowest BCUT2D eigenvalue weighted by Gasteiger charge is -2.65. The van der Waals surface area contributed by atoms with Crippen LogP contribution in [0.15, 0.2) is 6.33 Å². The molecule has 8 atom stereocenters. The van der Waals surface area contributed by atoms with Crippen LogP contribution >= 0.6 is 19.2 Å². The van der Waals surface area contributed by atoms with Gasteiger partial charge in [-0.05, 0) is 87.1 Å². The van der Waals surface area contributed by atoms with Crippen LogP contribution in [-0.2, 0) is 37.4 Å². The average molecular weight is 682 g/mol. The third-order valence-corrected chi connectivity index (χ3v) is 12.2. The SMILES string of the molecule is CCOP(=O)(CC[C@H]1O[C@@H](n2cnc3c(NC45CC6C[C@@](C)(C4)C[C@](C)(C6)C5)nc(Cl)nc32)[C@H](OC(C)=O)[C@@H]1OC(C)=O)OCC. The molecule has 5 fully saturated rings. The predicted molar refractivity (Wildman–Crippen MR) is 169 cm³/mol. The van der Waals surface area contributed by atoms with Crippen LogP contribution in [0.2, 0.25) is 5.28 Å². The monoisotopic (exact) mass is 681 g/mol. The molecule has 46 heavy (non-hydrogen) atoms. The molecule has 0 aromatic carbocycles. The summed E-state index contributed by atoms with van der Waals surface area (Å²) in [4.78, 5) is 38.4. The van der Waals surface area contributed by atoms with Crippen LogP contribution in [0.1, 0.15) is 92.7 Å². The number of imidazole rings is 1. The van der Waals surface area contributed by atoms with Crippen LogP contribution in [0.3, 0.4) is 0 Å². The Hall–Kier alpha value is -2.31. The Labute approximate surface area is 274 Å². The Morgan fingerprint density at radius 1 is 1.02 bits per heavy atom. The molecule has 2 unspecified atom stereocenters. The minimum absolute atomic E-state index is 0.00425. The van der Waals surface area contributed by atoms with E-state index in [1.807, 2.05) is 0 Å². The maximum absolute atomic E-state index is 13.3.